The van der Waals surface area contributed by atoms with Crippen molar-refractivity contribution in [3.05, 3.63) is 28.3 Å². The summed E-state index contributed by atoms with van der Waals surface area (Å²) < 4.78 is 0. The third-order valence-electron chi connectivity index (χ3n) is 4.75. The number of nitrogens with one attached hydrogen (secondary N) is 2. The topological polar surface area (TPSA) is 61.4 Å². The number of benzene rings is 1. The quantitative estimate of drug-likeness (QED) is 0.675. The van der Waals surface area contributed by atoms with Crippen LogP contribution in [0.1, 0.15) is 50.0 Å². The highest BCUT2D eigenvalue weighted by atomic mass is 35.5. The van der Waals surface area contributed by atoms with E-state index in [-0.39, 0.29) is 11.8 Å². The van der Waals surface area contributed by atoms with E-state index in [1.54, 1.807) is 17.8 Å². The van der Waals surface area contributed by atoms with Gasteiger partial charge in [-0.1, -0.05) is 32.4 Å². The van der Waals surface area contributed by atoms with Crippen molar-refractivity contribution in [1.82, 2.24) is 10.6 Å². The summed E-state index contributed by atoms with van der Waals surface area (Å²) in [7, 11) is 0. The molecule has 0 saturated carbocycles. The molecule has 4 nitrogen and oxygen atoms in total. The Morgan fingerprint density at radius 2 is 2.12 bits per heavy atom. The number of piperidine rings is 1. The molecule has 140 valence electrons. The van der Waals surface area contributed by atoms with Gasteiger partial charge in [0.15, 0.2) is 0 Å². The third kappa shape index (κ3) is 5.36. The zero-order valence-electron chi connectivity index (χ0n) is 15.6. The standard InChI is InChI=1S/C19H29ClN2O2S/c1-10(2)25-17-8-14(20)7-15(13(17)5)18(23)21-9-16-11(3)6-12(4)22-19(16)24/h7-8,10-12,16,19,22,24H,6,9H2,1-5H3,(H,21,23). The van der Waals surface area contributed by atoms with Crippen molar-refractivity contribution in [2.24, 2.45) is 11.8 Å². The Balaban J connectivity index is 2.09. The van der Waals surface area contributed by atoms with Crippen LogP contribution < -0.4 is 10.6 Å². The minimum Gasteiger partial charge on any atom is -0.378 e. The van der Waals surface area contributed by atoms with Crippen LogP contribution >= 0.6 is 23.4 Å². The summed E-state index contributed by atoms with van der Waals surface area (Å²) in [6.45, 7) is 10.8. The Labute approximate surface area is 160 Å². The van der Waals surface area contributed by atoms with Crippen molar-refractivity contribution in [1.29, 1.82) is 0 Å². The fraction of sp³-hybridized carbons (Fsp3) is 0.632. The van der Waals surface area contributed by atoms with Crippen LogP contribution in [-0.4, -0.2) is 35.1 Å². The second-order valence-electron chi connectivity index (χ2n) is 7.34. The van der Waals surface area contributed by atoms with Crippen LogP contribution in [0.15, 0.2) is 17.0 Å². The normalized spacial score (nSPS) is 26.7. The number of aliphatic hydroxyl groups excluding tert-OH is 1. The number of amides is 1. The number of hydrogen-bond donors (Lipinski definition) is 3. The van der Waals surface area contributed by atoms with Crippen LogP contribution in [-0.2, 0) is 0 Å². The zero-order chi connectivity index (χ0) is 18.7. The van der Waals surface area contributed by atoms with Gasteiger partial charge in [-0.2, -0.15) is 0 Å². The number of rotatable bonds is 5. The maximum absolute atomic E-state index is 12.7. The molecule has 4 atom stereocenters. The van der Waals surface area contributed by atoms with Gasteiger partial charge in [0.1, 0.15) is 6.23 Å². The van der Waals surface area contributed by atoms with E-state index < -0.39 is 6.23 Å². The van der Waals surface area contributed by atoms with Crippen LogP contribution in [0, 0.1) is 18.8 Å². The van der Waals surface area contributed by atoms with Crippen LogP contribution in [0.25, 0.3) is 0 Å². The van der Waals surface area contributed by atoms with Crippen molar-refractivity contribution in [2.45, 2.75) is 63.5 Å². The van der Waals surface area contributed by atoms with Gasteiger partial charge in [-0.05, 0) is 43.9 Å². The van der Waals surface area contributed by atoms with Gasteiger partial charge in [0, 0.05) is 39.2 Å². The number of carbonyl (C=O) groups is 1. The smallest absolute Gasteiger partial charge is 0.251 e. The Bertz CT molecular complexity index is 612. The van der Waals surface area contributed by atoms with Crippen molar-refractivity contribution >= 4 is 29.3 Å². The summed E-state index contributed by atoms with van der Waals surface area (Å²) in [5.41, 5.74) is 1.56. The monoisotopic (exact) mass is 384 g/mol. The van der Waals surface area contributed by atoms with E-state index in [1.807, 2.05) is 13.0 Å². The fourth-order valence-electron chi connectivity index (χ4n) is 3.41. The van der Waals surface area contributed by atoms with Gasteiger partial charge >= 0.3 is 0 Å². The van der Waals surface area contributed by atoms with Crippen molar-refractivity contribution < 1.29 is 9.90 Å². The van der Waals surface area contributed by atoms with Gasteiger partial charge in [-0.3, -0.25) is 10.1 Å². The maximum atomic E-state index is 12.7. The molecule has 1 aromatic carbocycles. The highest BCUT2D eigenvalue weighted by Gasteiger charge is 2.32. The molecule has 25 heavy (non-hydrogen) atoms. The van der Waals surface area contributed by atoms with E-state index in [1.165, 1.54) is 0 Å². The van der Waals surface area contributed by atoms with E-state index in [4.69, 9.17) is 11.6 Å². The van der Waals surface area contributed by atoms with Gasteiger partial charge in [0.2, 0.25) is 0 Å². The Kier molecular flexibility index (Phi) is 7.20. The summed E-state index contributed by atoms with van der Waals surface area (Å²) in [6.07, 6.45) is 0.398. The molecule has 1 fully saturated rings. The largest absolute Gasteiger partial charge is 0.378 e. The predicted octanol–water partition coefficient (Wildman–Crippen LogP) is 3.83. The van der Waals surface area contributed by atoms with Crippen LogP contribution in [0.2, 0.25) is 5.02 Å². The lowest BCUT2D eigenvalue weighted by Crippen LogP contribution is -2.53. The van der Waals surface area contributed by atoms with Gasteiger partial charge in [-0.25, -0.2) is 0 Å². The summed E-state index contributed by atoms with van der Waals surface area (Å²) in [4.78, 5) is 13.7. The summed E-state index contributed by atoms with van der Waals surface area (Å²) >= 11 is 7.92. The molecule has 1 amide bonds. The molecule has 1 heterocycles. The van der Waals surface area contributed by atoms with Gasteiger partial charge in [0.25, 0.3) is 5.91 Å². The summed E-state index contributed by atoms with van der Waals surface area (Å²) in [5.74, 6) is 0.215. The zero-order valence-corrected chi connectivity index (χ0v) is 17.2. The molecular weight excluding hydrogens is 356 g/mol. The predicted molar refractivity (Wildman–Crippen MR) is 105 cm³/mol. The molecule has 1 aromatic rings. The van der Waals surface area contributed by atoms with Gasteiger partial charge in [-0.15, -0.1) is 11.8 Å². The van der Waals surface area contributed by atoms with Crippen molar-refractivity contribution in [3.63, 3.8) is 0 Å². The minimum absolute atomic E-state index is 0.00384. The third-order valence-corrected chi connectivity index (χ3v) is 6.12. The molecule has 6 heteroatoms. The van der Waals surface area contributed by atoms with E-state index in [0.29, 0.717) is 34.3 Å². The molecule has 1 saturated heterocycles. The molecule has 0 aromatic heterocycles. The summed E-state index contributed by atoms with van der Waals surface area (Å²) in [5, 5.41) is 17.4. The second kappa shape index (κ2) is 8.76. The molecule has 2 rings (SSSR count). The first-order valence-electron chi connectivity index (χ1n) is 8.88. The van der Waals surface area contributed by atoms with Crippen LogP contribution in [0.5, 0.6) is 0 Å². The molecule has 1 aliphatic rings. The van der Waals surface area contributed by atoms with Gasteiger partial charge < -0.3 is 10.4 Å². The average Bonchev–Trinajstić information content (AvgIpc) is 2.48. The molecule has 0 spiro atoms. The number of hydrogen-bond acceptors (Lipinski definition) is 4. The molecule has 0 radical (unpaired) electrons. The number of carbonyl (C=O) groups excluding carboxylic acids is 1. The van der Waals surface area contributed by atoms with E-state index in [2.05, 4.69) is 38.3 Å². The molecule has 3 N–H and O–H groups in total. The second-order valence-corrected chi connectivity index (χ2v) is 9.40. The number of aliphatic hydroxyl groups is 1. The van der Waals surface area contributed by atoms with Crippen molar-refractivity contribution in [3.8, 4) is 0 Å². The molecule has 0 aliphatic carbocycles. The van der Waals surface area contributed by atoms with E-state index in [9.17, 15) is 9.90 Å². The first kappa shape index (κ1) is 20.6. The number of halogens is 1. The lowest BCUT2D eigenvalue weighted by Gasteiger charge is -2.38. The maximum Gasteiger partial charge on any atom is 0.251 e. The Hall–Kier alpha value is -0.750. The van der Waals surface area contributed by atoms with E-state index in [0.717, 1.165) is 16.9 Å². The first-order valence-corrected chi connectivity index (χ1v) is 10.1. The fourth-order valence-corrected chi connectivity index (χ4v) is 4.68. The highest BCUT2D eigenvalue weighted by molar-refractivity contribution is 8.00. The molecule has 1 aliphatic heterocycles. The molecular formula is C19H29ClN2O2S. The SMILES string of the molecule is Cc1c(SC(C)C)cc(Cl)cc1C(=O)NCC1C(C)CC(C)NC1O. The molecule has 4 unspecified atom stereocenters. The Morgan fingerprint density at radius 3 is 2.72 bits per heavy atom. The average molecular weight is 385 g/mol. The highest BCUT2D eigenvalue weighted by Crippen LogP contribution is 2.31. The molecule has 0 bridgehead atoms. The van der Waals surface area contributed by atoms with Crippen LogP contribution in [0.3, 0.4) is 0 Å². The van der Waals surface area contributed by atoms with E-state index >= 15 is 0 Å². The van der Waals surface area contributed by atoms with Crippen LogP contribution in [0.4, 0.5) is 0 Å². The first-order chi connectivity index (χ1) is 11.7. The van der Waals surface area contributed by atoms with Gasteiger partial charge in [0.05, 0.1) is 0 Å². The Morgan fingerprint density at radius 1 is 1.44 bits per heavy atom. The number of thioether (sulfide) groups is 1. The summed E-state index contributed by atoms with van der Waals surface area (Å²) in [6, 6.07) is 3.93. The lowest BCUT2D eigenvalue weighted by atomic mass is 9.83. The lowest BCUT2D eigenvalue weighted by molar-refractivity contribution is 0.00478. The minimum atomic E-state index is -0.591. The van der Waals surface area contributed by atoms with Crippen molar-refractivity contribution in [2.75, 3.05) is 6.54 Å².